The fourth-order valence-electron chi connectivity index (χ4n) is 3.69. The zero-order valence-electron chi connectivity index (χ0n) is 18.6. The molecule has 1 aliphatic rings. The number of sulfonamides is 1. The van der Waals surface area contributed by atoms with Crippen LogP contribution in [0.15, 0.2) is 65.7 Å². The highest BCUT2D eigenvalue weighted by atomic mass is 32.2. The van der Waals surface area contributed by atoms with Gasteiger partial charge in [0.2, 0.25) is 10.0 Å². The van der Waals surface area contributed by atoms with E-state index in [1.165, 1.54) is 10.4 Å². The molecule has 0 unspecified atom stereocenters. The Morgan fingerprint density at radius 1 is 1.06 bits per heavy atom. The van der Waals surface area contributed by atoms with Gasteiger partial charge in [0.25, 0.3) is 5.91 Å². The van der Waals surface area contributed by atoms with Gasteiger partial charge in [-0.1, -0.05) is 13.0 Å². The number of benzene rings is 2. The number of anilines is 1. The number of piperazine rings is 1. The van der Waals surface area contributed by atoms with Crippen molar-refractivity contribution >= 4 is 21.6 Å². The molecule has 1 fully saturated rings. The average molecular weight is 470 g/mol. The van der Waals surface area contributed by atoms with Crippen LogP contribution in [0.3, 0.4) is 0 Å². The summed E-state index contributed by atoms with van der Waals surface area (Å²) in [7, 11) is -2.03. The molecule has 0 aliphatic carbocycles. The van der Waals surface area contributed by atoms with Gasteiger partial charge in [0.1, 0.15) is 5.75 Å². The first kappa shape index (κ1) is 23.0. The van der Waals surface area contributed by atoms with Crippen LogP contribution in [0, 0.1) is 0 Å². The second-order valence-corrected chi connectivity index (χ2v) is 9.60. The van der Waals surface area contributed by atoms with Crippen molar-refractivity contribution in [3.63, 3.8) is 0 Å². The molecule has 9 nitrogen and oxygen atoms in total. The summed E-state index contributed by atoms with van der Waals surface area (Å²) in [4.78, 5) is 15.1. The lowest BCUT2D eigenvalue weighted by atomic mass is 10.3. The van der Waals surface area contributed by atoms with E-state index in [1.807, 2.05) is 24.3 Å². The molecule has 174 valence electrons. The fourth-order valence-corrected chi connectivity index (χ4v) is 5.16. The predicted octanol–water partition coefficient (Wildman–Crippen LogP) is 2.46. The summed E-state index contributed by atoms with van der Waals surface area (Å²) >= 11 is 0. The van der Waals surface area contributed by atoms with Crippen LogP contribution in [-0.2, 0) is 10.0 Å². The second kappa shape index (κ2) is 9.74. The van der Waals surface area contributed by atoms with Crippen LogP contribution in [-0.4, -0.2) is 73.1 Å². The van der Waals surface area contributed by atoms with Crippen LogP contribution in [0.1, 0.15) is 17.4 Å². The van der Waals surface area contributed by atoms with Crippen LogP contribution in [0.2, 0.25) is 0 Å². The molecule has 1 N–H and O–H groups in total. The van der Waals surface area contributed by atoms with E-state index in [1.54, 1.807) is 42.3 Å². The second-order valence-electron chi connectivity index (χ2n) is 7.66. The van der Waals surface area contributed by atoms with Gasteiger partial charge in [-0.15, -0.1) is 0 Å². The summed E-state index contributed by atoms with van der Waals surface area (Å²) in [6, 6.07) is 15.2. The Morgan fingerprint density at radius 3 is 2.45 bits per heavy atom. The number of nitrogens with one attached hydrogen (secondary N) is 1. The van der Waals surface area contributed by atoms with Gasteiger partial charge in [-0.3, -0.25) is 4.79 Å². The number of amides is 1. The minimum atomic E-state index is -3.63. The van der Waals surface area contributed by atoms with Gasteiger partial charge < -0.3 is 15.0 Å². The molecule has 33 heavy (non-hydrogen) atoms. The topological polar surface area (TPSA) is 96.8 Å². The van der Waals surface area contributed by atoms with Gasteiger partial charge in [0.15, 0.2) is 5.69 Å². The smallest absolute Gasteiger partial charge is 0.276 e. The number of ether oxygens (including phenoxy) is 1. The van der Waals surface area contributed by atoms with Crippen molar-refractivity contribution in [2.24, 2.45) is 0 Å². The van der Waals surface area contributed by atoms with E-state index in [2.05, 4.69) is 22.2 Å². The van der Waals surface area contributed by atoms with Crippen molar-refractivity contribution in [3.05, 3.63) is 66.5 Å². The molecular weight excluding hydrogens is 442 g/mol. The summed E-state index contributed by atoms with van der Waals surface area (Å²) in [5.74, 6) is 0.305. The number of carbonyl (C=O) groups is 1. The Hall–Kier alpha value is -3.21. The van der Waals surface area contributed by atoms with Crippen molar-refractivity contribution < 1.29 is 17.9 Å². The zero-order chi connectivity index (χ0) is 23.4. The Kier molecular flexibility index (Phi) is 6.77. The Morgan fingerprint density at radius 2 is 1.79 bits per heavy atom. The number of likely N-dealkylation sites (N-methyl/N-ethyl adjacent to an activating group) is 1. The van der Waals surface area contributed by atoms with E-state index < -0.39 is 15.9 Å². The van der Waals surface area contributed by atoms with Crippen molar-refractivity contribution in [2.75, 3.05) is 45.2 Å². The number of rotatable bonds is 7. The molecule has 1 amide bonds. The molecule has 1 aromatic heterocycles. The number of hydrogen-bond donors (Lipinski definition) is 1. The monoisotopic (exact) mass is 469 g/mol. The van der Waals surface area contributed by atoms with Crippen molar-refractivity contribution in [2.45, 2.75) is 11.8 Å². The molecule has 1 aliphatic heterocycles. The molecule has 0 saturated carbocycles. The van der Waals surface area contributed by atoms with Gasteiger partial charge in [-0.05, 0) is 55.1 Å². The van der Waals surface area contributed by atoms with E-state index >= 15 is 0 Å². The molecule has 1 saturated heterocycles. The Labute approximate surface area is 193 Å². The standard InChI is InChI=1S/C23H27N5O4S/c1-3-26-13-15-27(16-14-26)33(30,31)21-6-4-5-18(17-21)24-23(29)22-11-12-28(25-22)19-7-9-20(32-2)10-8-19/h4-12,17H,3,13-16H2,1-2H3,(H,24,29). The SMILES string of the molecule is CCN1CCN(S(=O)(=O)c2cccc(NC(=O)c3ccn(-c4ccc(OC)cc4)n3)c2)CC1. The molecule has 2 aromatic carbocycles. The number of hydrogen-bond acceptors (Lipinski definition) is 6. The third-order valence-electron chi connectivity index (χ3n) is 5.67. The van der Waals surface area contributed by atoms with E-state index in [9.17, 15) is 13.2 Å². The highest BCUT2D eigenvalue weighted by Crippen LogP contribution is 2.21. The van der Waals surface area contributed by atoms with Crippen LogP contribution < -0.4 is 10.1 Å². The summed E-state index contributed by atoms with van der Waals surface area (Å²) < 4.78 is 34.4. The quantitative estimate of drug-likeness (QED) is 0.571. The highest BCUT2D eigenvalue weighted by Gasteiger charge is 2.28. The lowest BCUT2D eigenvalue weighted by Gasteiger charge is -2.33. The molecule has 0 bridgehead atoms. The number of nitrogens with zero attached hydrogens (tertiary/aromatic N) is 4. The molecule has 0 atom stereocenters. The lowest BCUT2D eigenvalue weighted by Crippen LogP contribution is -2.48. The van der Waals surface area contributed by atoms with Gasteiger partial charge in [0.05, 0.1) is 17.7 Å². The number of aromatic nitrogens is 2. The molecule has 10 heteroatoms. The maximum absolute atomic E-state index is 13.1. The van der Waals surface area contributed by atoms with Gasteiger partial charge in [-0.25, -0.2) is 13.1 Å². The minimum Gasteiger partial charge on any atom is -0.497 e. The van der Waals surface area contributed by atoms with Crippen LogP contribution in [0.5, 0.6) is 5.75 Å². The molecule has 2 heterocycles. The largest absolute Gasteiger partial charge is 0.497 e. The highest BCUT2D eigenvalue weighted by molar-refractivity contribution is 7.89. The van der Waals surface area contributed by atoms with Gasteiger partial charge in [0, 0.05) is 38.1 Å². The molecule has 0 spiro atoms. The third kappa shape index (κ3) is 5.08. The summed E-state index contributed by atoms with van der Waals surface area (Å²) in [5, 5.41) is 7.07. The Balaban J connectivity index is 1.46. The first-order chi connectivity index (χ1) is 15.9. The van der Waals surface area contributed by atoms with E-state index in [4.69, 9.17) is 4.74 Å². The fraction of sp³-hybridized carbons (Fsp3) is 0.304. The zero-order valence-corrected chi connectivity index (χ0v) is 19.5. The predicted molar refractivity (Wildman–Crippen MR) is 125 cm³/mol. The lowest BCUT2D eigenvalue weighted by molar-refractivity contribution is 0.102. The van der Waals surface area contributed by atoms with Crippen molar-refractivity contribution in [1.29, 1.82) is 0 Å². The van der Waals surface area contributed by atoms with E-state index in [-0.39, 0.29) is 10.6 Å². The van der Waals surface area contributed by atoms with Gasteiger partial charge in [-0.2, -0.15) is 9.40 Å². The van der Waals surface area contributed by atoms with Crippen LogP contribution >= 0.6 is 0 Å². The van der Waals surface area contributed by atoms with Crippen molar-refractivity contribution in [1.82, 2.24) is 19.0 Å². The first-order valence-corrected chi connectivity index (χ1v) is 12.2. The molecule has 4 rings (SSSR count). The summed E-state index contributed by atoms with van der Waals surface area (Å²) in [6.45, 7) is 5.30. The molecule has 0 radical (unpaired) electrons. The van der Waals surface area contributed by atoms with E-state index in [0.717, 1.165) is 18.0 Å². The normalized spacial score (nSPS) is 15.3. The van der Waals surface area contributed by atoms with Crippen LogP contribution in [0.25, 0.3) is 5.69 Å². The van der Waals surface area contributed by atoms with Gasteiger partial charge >= 0.3 is 0 Å². The molecular formula is C23H27N5O4S. The maximum atomic E-state index is 13.1. The third-order valence-corrected chi connectivity index (χ3v) is 7.56. The van der Waals surface area contributed by atoms with Crippen LogP contribution in [0.4, 0.5) is 5.69 Å². The molecule has 3 aromatic rings. The van der Waals surface area contributed by atoms with Crippen molar-refractivity contribution in [3.8, 4) is 11.4 Å². The number of carbonyl (C=O) groups excluding carboxylic acids is 1. The first-order valence-electron chi connectivity index (χ1n) is 10.7. The minimum absolute atomic E-state index is 0.161. The summed E-state index contributed by atoms with van der Waals surface area (Å²) in [6.07, 6.45) is 1.69. The average Bonchev–Trinajstić information content (AvgIpc) is 3.35. The number of methoxy groups -OCH3 is 1. The summed E-state index contributed by atoms with van der Waals surface area (Å²) in [5.41, 5.74) is 1.40. The Bertz CT molecular complexity index is 1220. The van der Waals surface area contributed by atoms with E-state index in [0.29, 0.717) is 31.9 Å². The maximum Gasteiger partial charge on any atom is 0.276 e.